The van der Waals surface area contributed by atoms with Gasteiger partial charge in [0.15, 0.2) is 0 Å². The van der Waals surface area contributed by atoms with E-state index in [2.05, 4.69) is 23.1 Å². The molecule has 2 aliphatic rings. The lowest BCUT2D eigenvalue weighted by atomic mass is 9.80. The number of anilines is 1. The first-order valence-corrected chi connectivity index (χ1v) is 13.8. The molecule has 2 aliphatic heterocycles. The Bertz CT molecular complexity index is 1460. The number of hydrogen-bond acceptors (Lipinski definition) is 5. The topological polar surface area (TPSA) is 66.2 Å². The van der Waals surface area contributed by atoms with Crippen molar-refractivity contribution in [2.45, 2.75) is 18.4 Å². The molecular formula is C33H33N3O4. The first kappa shape index (κ1) is 25.7. The van der Waals surface area contributed by atoms with Gasteiger partial charge >= 0.3 is 0 Å². The molecule has 0 aliphatic carbocycles. The predicted molar refractivity (Wildman–Crippen MR) is 154 cm³/mol. The molecular weight excluding hydrogens is 502 g/mol. The number of benzene rings is 3. The number of amides is 2. The van der Waals surface area contributed by atoms with E-state index in [1.165, 1.54) is 0 Å². The number of rotatable bonds is 7. The van der Waals surface area contributed by atoms with Crippen molar-refractivity contribution in [3.05, 3.63) is 120 Å². The molecule has 4 aromatic rings. The number of nitrogens with zero attached hydrogens (tertiary/aromatic N) is 3. The number of furan rings is 1. The van der Waals surface area contributed by atoms with E-state index in [9.17, 15) is 9.59 Å². The Hall–Kier alpha value is -4.52. The quantitative estimate of drug-likeness (QED) is 0.327. The monoisotopic (exact) mass is 535 g/mol. The Labute approximate surface area is 234 Å². The van der Waals surface area contributed by atoms with Crippen molar-refractivity contribution in [1.82, 2.24) is 9.80 Å². The summed E-state index contributed by atoms with van der Waals surface area (Å²) in [6, 6.07) is 28.8. The third-order valence-corrected chi connectivity index (χ3v) is 8.04. The predicted octanol–water partition coefficient (Wildman–Crippen LogP) is 5.16. The van der Waals surface area contributed by atoms with Gasteiger partial charge in [0.1, 0.15) is 17.6 Å². The zero-order chi connectivity index (χ0) is 27.5. The van der Waals surface area contributed by atoms with Crippen LogP contribution in [0.25, 0.3) is 0 Å². The molecule has 0 spiro atoms. The minimum absolute atomic E-state index is 0.0192. The number of fused-ring (bicyclic) bond motifs is 1. The number of piperazine rings is 1. The number of para-hydroxylation sites is 2. The van der Waals surface area contributed by atoms with Crippen LogP contribution in [0.3, 0.4) is 0 Å². The van der Waals surface area contributed by atoms with Crippen LogP contribution >= 0.6 is 0 Å². The van der Waals surface area contributed by atoms with Crippen LogP contribution in [0.4, 0.5) is 5.69 Å². The summed E-state index contributed by atoms with van der Waals surface area (Å²) in [7, 11) is 1.68. The SMILES string of the molecule is COc1ccccc1N1CCN(C(=O)[C@@H]2c3ccccc3C(=O)N(CCc3ccccc3)[C@H]2c2ccco2)CC1. The second-order valence-electron chi connectivity index (χ2n) is 10.2. The zero-order valence-electron chi connectivity index (χ0n) is 22.6. The molecule has 2 amide bonds. The lowest BCUT2D eigenvalue weighted by molar-refractivity contribution is -0.135. The zero-order valence-corrected chi connectivity index (χ0v) is 22.6. The van der Waals surface area contributed by atoms with E-state index in [0.29, 0.717) is 50.5 Å². The molecule has 1 aromatic heterocycles. The van der Waals surface area contributed by atoms with Crippen molar-refractivity contribution < 1.29 is 18.7 Å². The Balaban J connectivity index is 1.31. The fourth-order valence-electron chi connectivity index (χ4n) is 6.03. The fourth-order valence-corrected chi connectivity index (χ4v) is 6.03. The smallest absolute Gasteiger partial charge is 0.254 e. The summed E-state index contributed by atoms with van der Waals surface area (Å²) in [5.74, 6) is 0.841. The molecule has 0 bridgehead atoms. The standard InChI is InChI=1S/C33H33N3O4/c1-39-28-15-8-7-14-27(28)34-19-21-35(22-20-34)33(38)30-25-12-5-6-13-26(25)32(37)36(31(30)29-16-9-23-40-29)18-17-24-10-3-2-4-11-24/h2-16,23,30-31H,17-22H2,1H3/t30-,31+/m1/s1. The van der Waals surface area contributed by atoms with Crippen LogP contribution < -0.4 is 9.64 Å². The van der Waals surface area contributed by atoms with Crippen LogP contribution in [-0.4, -0.2) is 61.4 Å². The second-order valence-corrected chi connectivity index (χ2v) is 10.2. The van der Waals surface area contributed by atoms with Crippen molar-refractivity contribution in [3.63, 3.8) is 0 Å². The van der Waals surface area contributed by atoms with Gasteiger partial charge in [0.05, 0.1) is 25.0 Å². The van der Waals surface area contributed by atoms with E-state index in [4.69, 9.17) is 9.15 Å². The van der Waals surface area contributed by atoms with E-state index in [0.717, 1.165) is 22.6 Å². The maximum atomic E-state index is 14.4. The van der Waals surface area contributed by atoms with Crippen LogP contribution in [0.15, 0.2) is 102 Å². The van der Waals surface area contributed by atoms with Gasteiger partial charge in [0, 0.05) is 38.3 Å². The molecule has 204 valence electrons. The molecule has 7 heteroatoms. The van der Waals surface area contributed by atoms with Crippen molar-refractivity contribution in [2.24, 2.45) is 0 Å². The van der Waals surface area contributed by atoms with Crippen LogP contribution in [0.1, 0.15) is 39.2 Å². The van der Waals surface area contributed by atoms with Crippen molar-refractivity contribution in [2.75, 3.05) is 44.7 Å². The molecule has 3 aromatic carbocycles. The Morgan fingerprint density at radius 3 is 2.35 bits per heavy atom. The largest absolute Gasteiger partial charge is 0.495 e. The molecule has 1 saturated heterocycles. The molecule has 6 rings (SSSR count). The maximum Gasteiger partial charge on any atom is 0.254 e. The fraction of sp³-hybridized carbons (Fsp3) is 0.273. The number of ether oxygens (including phenoxy) is 1. The minimum atomic E-state index is -0.561. The first-order valence-electron chi connectivity index (χ1n) is 13.8. The highest BCUT2D eigenvalue weighted by Crippen LogP contribution is 2.44. The molecule has 0 saturated carbocycles. The van der Waals surface area contributed by atoms with E-state index in [1.54, 1.807) is 13.4 Å². The van der Waals surface area contributed by atoms with Crippen LogP contribution in [-0.2, 0) is 11.2 Å². The minimum Gasteiger partial charge on any atom is -0.495 e. The van der Waals surface area contributed by atoms with Crippen LogP contribution in [0.2, 0.25) is 0 Å². The molecule has 0 radical (unpaired) electrons. The Morgan fingerprint density at radius 2 is 1.60 bits per heavy atom. The van der Waals surface area contributed by atoms with E-state index in [-0.39, 0.29) is 11.8 Å². The summed E-state index contributed by atoms with van der Waals surface area (Å²) < 4.78 is 11.5. The third kappa shape index (κ3) is 4.83. The Kier molecular flexibility index (Phi) is 7.27. The maximum absolute atomic E-state index is 14.4. The van der Waals surface area contributed by atoms with Gasteiger partial charge < -0.3 is 23.9 Å². The van der Waals surface area contributed by atoms with Gasteiger partial charge in [-0.2, -0.15) is 0 Å². The van der Waals surface area contributed by atoms with Gasteiger partial charge in [-0.1, -0.05) is 60.7 Å². The van der Waals surface area contributed by atoms with Gasteiger partial charge in [0.25, 0.3) is 5.91 Å². The molecule has 1 fully saturated rings. The number of carbonyl (C=O) groups is 2. The van der Waals surface area contributed by atoms with Crippen LogP contribution in [0.5, 0.6) is 5.75 Å². The number of methoxy groups -OCH3 is 1. The summed E-state index contributed by atoms with van der Waals surface area (Å²) in [5.41, 5.74) is 3.53. The number of carbonyl (C=O) groups excluding carboxylic acids is 2. The normalized spacial score (nSPS) is 18.9. The highest BCUT2D eigenvalue weighted by Gasteiger charge is 2.46. The van der Waals surface area contributed by atoms with Crippen molar-refractivity contribution in [1.29, 1.82) is 0 Å². The summed E-state index contributed by atoms with van der Waals surface area (Å²) in [5, 5.41) is 0. The van der Waals surface area contributed by atoms with E-state index in [1.807, 2.05) is 82.6 Å². The molecule has 40 heavy (non-hydrogen) atoms. The summed E-state index contributed by atoms with van der Waals surface area (Å²) in [6.45, 7) is 3.04. The van der Waals surface area contributed by atoms with Gasteiger partial charge in [-0.3, -0.25) is 9.59 Å². The van der Waals surface area contributed by atoms with Gasteiger partial charge in [-0.05, 0) is 47.9 Å². The average Bonchev–Trinajstić information content (AvgIpc) is 3.55. The molecule has 0 N–H and O–H groups in total. The number of hydrogen-bond donors (Lipinski definition) is 0. The second kappa shape index (κ2) is 11.3. The highest BCUT2D eigenvalue weighted by molar-refractivity contribution is 6.01. The van der Waals surface area contributed by atoms with Crippen LogP contribution in [0, 0.1) is 0 Å². The first-order chi connectivity index (χ1) is 19.7. The van der Waals surface area contributed by atoms with Gasteiger partial charge in [0.2, 0.25) is 5.91 Å². The summed E-state index contributed by atoms with van der Waals surface area (Å²) >= 11 is 0. The van der Waals surface area contributed by atoms with Crippen molar-refractivity contribution in [3.8, 4) is 5.75 Å². The summed E-state index contributed by atoms with van der Waals surface area (Å²) in [4.78, 5) is 34.3. The van der Waals surface area contributed by atoms with E-state index < -0.39 is 12.0 Å². The third-order valence-electron chi connectivity index (χ3n) is 8.04. The highest BCUT2D eigenvalue weighted by atomic mass is 16.5. The molecule has 2 atom stereocenters. The molecule has 7 nitrogen and oxygen atoms in total. The summed E-state index contributed by atoms with van der Waals surface area (Å²) in [6.07, 6.45) is 2.30. The lowest BCUT2D eigenvalue weighted by Gasteiger charge is -2.44. The van der Waals surface area contributed by atoms with Gasteiger partial charge in [-0.15, -0.1) is 0 Å². The van der Waals surface area contributed by atoms with Crippen molar-refractivity contribution >= 4 is 17.5 Å². The average molecular weight is 536 g/mol. The molecule has 0 unspecified atom stereocenters. The Morgan fingerprint density at radius 1 is 0.875 bits per heavy atom. The molecule has 3 heterocycles. The lowest BCUT2D eigenvalue weighted by Crippen LogP contribution is -2.53. The van der Waals surface area contributed by atoms with Gasteiger partial charge in [-0.25, -0.2) is 0 Å². The van der Waals surface area contributed by atoms with E-state index >= 15 is 0 Å².